The number of aromatic nitrogens is 4. The number of nitrogens with zero attached hydrogens (tertiary/aromatic N) is 4. The van der Waals surface area contributed by atoms with Crippen LogP contribution in [0.4, 0.5) is 21.7 Å². The Balaban J connectivity index is 1.63. The van der Waals surface area contributed by atoms with E-state index in [1.165, 1.54) is 0 Å². The Kier molecular flexibility index (Phi) is 5.81. The Labute approximate surface area is 179 Å². The van der Waals surface area contributed by atoms with Gasteiger partial charge in [0.15, 0.2) is 11.6 Å². The van der Waals surface area contributed by atoms with Gasteiger partial charge in [0.25, 0.3) is 5.91 Å². The third-order valence-electron chi connectivity index (χ3n) is 5.24. The van der Waals surface area contributed by atoms with Crippen molar-refractivity contribution in [2.24, 2.45) is 17.4 Å². The SMILES string of the molecule is C[C@H](N)[C@@H](CC1CC1)Nc1nc(Nc2cncc(-n3cccn3)c2)c(C(N)=O)cc1F. The maximum atomic E-state index is 14.7. The molecule has 1 saturated carbocycles. The number of carbonyl (C=O) groups is 1. The highest BCUT2D eigenvalue weighted by Gasteiger charge is 2.28. The molecule has 31 heavy (non-hydrogen) atoms. The average molecular weight is 424 g/mol. The maximum Gasteiger partial charge on any atom is 0.252 e. The van der Waals surface area contributed by atoms with Crippen LogP contribution >= 0.6 is 0 Å². The number of carbonyl (C=O) groups excluding carboxylic acids is 1. The molecule has 3 aromatic rings. The molecule has 0 saturated heterocycles. The van der Waals surface area contributed by atoms with Gasteiger partial charge in [0.05, 0.1) is 29.3 Å². The highest BCUT2D eigenvalue weighted by Crippen LogP contribution is 2.35. The molecule has 4 rings (SSSR count). The number of nitrogens with two attached hydrogens (primary N) is 2. The molecule has 3 aromatic heterocycles. The molecule has 6 N–H and O–H groups in total. The summed E-state index contributed by atoms with van der Waals surface area (Å²) in [6.45, 7) is 1.88. The molecule has 1 aliphatic carbocycles. The van der Waals surface area contributed by atoms with E-state index in [0.717, 1.165) is 25.3 Å². The lowest BCUT2D eigenvalue weighted by Crippen LogP contribution is -2.39. The number of hydrogen-bond acceptors (Lipinski definition) is 7. The molecule has 9 nitrogen and oxygen atoms in total. The van der Waals surface area contributed by atoms with E-state index >= 15 is 0 Å². The molecular weight excluding hydrogens is 399 g/mol. The summed E-state index contributed by atoms with van der Waals surface area (Å²) in [6, 6.07) is 4.33. The van der Waals surface area contributed by atoms with Gasteiger partial charge >= 0.3 is 0 Å². The van der Waals surface area contributed by atoms with Crippen molar-refractivity contribution in [1.82, 2.24) is 19.7 Å². The van der Waals surface area contributed by atoms with Crippen LogP contribution in [0.3, 0.4) is 0 Å². The molecule has 162 valence electrons. The summed E-state index contributed by atoms with van der Waals surface area (Å²) >= 11 is 0. The first-order chi connectivity index (χ1) is 14.9. The van der Waals surface area contributed by atoms with Crippen LogP contribution in [0.1, 0.15) is 36.5 Å². The van der Waals surface area contributed by atoms with Gasteiger partial charge in [-0.15, -0.1) is 0 Å². The Hall–Kier alpha value is -3.53. The maximum absolute atomic E-state index is 14.7. The lowest BCUT2D eigenvalue weighted by molar-refractivity contribution is 0.100. The highest BCUT2D eigenvalue weighted by molar-refractivity contribution is 5.98. The zero-order valence-corrected chi connectivity index (χ0v) is 17.1. The molecule has 0 aliphatic heterocycles. The predicted octanol–water partition coefficient (Wildman–Crippen LogP) is 2.57. The third kappa shape index (κ3) is 4.97. The minimum Gasteiger partial charge on any atom is -0.365 e. The van der Waals surface area contributed by atoms with Gasteiger partial charge in [-0.05, 0) is 37.5 Å². The van der Waals surface area contributed by atoms with E-state index in [0.29, 0.717) is 17.3 Å². The standard InChI is InChI=1S/C21H25FN8O/c1-12(23)18(7-13-3-4-13)28-21-17(22)9-16(19(24)31)20(29-21)27-14-8-15(11-25-10-14)30-6-2-5-26-30/h2,5-6,8-13,18H,3-4,7,23H2,1H3,(H2,24,31)(H2,27,28,29)/t12-,18+/m0/s1. The van der Waals surface area contributed by atoms with E-state index < -0.39 is 11.7 Å². The van der Waals surface area contributed by atoms with Gasteiger partial charge < -0.3 is 22.1 Å². The number of hydrogen-bond donors (Lipinski definition) is 4. The summed E-state index contributed by atoms with van der Waals surface area (Å²) in [4.78, 5) is 20.4. The molecular formula is C21H25FN8O. The molecule has 3 heterocycles. The third-order valence-corrected chi connectivity index (χ3v) is 5.24. The van der Waals surface area contributed by atoms with Gasteiger partial charge in [0.1, 0.15) is 5.82 Å². The minimum absolute atomic E-state index is 0.0200. The van der Waals surface area contributed by atoms with Gasteiger partial charge in [-0.2, -0.15) is 5.10 Å². The molecule has 0 unspecified atom stereocenters. The summed E-state index contributed by atoms with van der Waals surface area (Å²) in [5.41, 5.74) is 12.7. The van der Waals surface area contributed by atoms with Gasteiger partial charge in [0, 0.05) is 24.5 Å². The predicted molar refractivity (Wildman–Crippen MR) is 116 cm³/mol. The summed E-state index contributed by atoms with van der Waals surface area (Å²) in [7, 11) is 0. The van der Waals surface area contributed by atoms with Crippen molar-refractivity contribution in [2.45, 2.75) is 38.3 Å². The lowest BCUT2D eigenvalue weighted by atomic mass is 10.0. The second-order valence-electron chi connectivity index (χ2n) is 7.88. The van der Waals surface area contributed by atoms with Crippen LogP contribution in [0, 0.1) is 11.7 Å². The first-order valence-corrected chi connectivity index (χ1v) is 10.1. The number of rotatable bonds is 9. The molecule has 0 radical (unpaired) electrons. The van der Waals surface area contributed by atoms with Crippen molar-refractivity contribution >= 4 is 23.2 Å². The highest BCUT2D eigenvalue weighted by atomic mass is 19.1. The fourth-order valence-corrected chi connectivity index (χ4v) is 3.35. The molecule has 2 atom stereocenters. The first-order valence-electron chi connectivity index (χ1n) is 10.1. The van der Waals surface area contributed by atoms with E-state index in [9.17, 15) is 9.18 Å². The topological polar surface area (TPSA) is 137 Å². The molecule has 0 aromatic carbocycles. The van der Waals surface area contributed by atoms with E-state index in [2.05, 4.69) is 25.7 Å². The van der Waals surface area contributed by atoms with Crippen LogP contribution in [0.2, 0.25) is 0 Å². The van der Waals surface area contributed by atoms with Crippen LogP contribution in [-0.2, 0) is 0 Å². The van der Waals surface area contributed by atoms with Crippen molar-refractivity contribution in [3.05, 3.63) is 54.4 Å². The number of halogens is 1. The van der Waals surface area contributed by atoms with E-state index in [-0.39, 0.29) is 29.3 Å². The average Bonchev–Trinajstić information content (AvgIpc) is 3.38. The van der Waals surface area contributed by atoms with E-state index in [1.807, 2.05) is 6.92 Å². The van der Waals surface area contributed by atoms with Crippen LogP contribution in [-0.4, -0.2) is 37.7 Å². The molecule has 10 heteroatoms. The number of anilines is 3. The molecule has 1 fully saturated rings. The zero-order chi connectivity index (χ0) is 22.0. The fraction of sp³-hybridized carbons (Fsp3) is 0.333. The van der Waals surface area contributed by atoms with Gasteiger partial charge in [-0.25, -0.2) is 14.1 Å². The largest absolute Gasteiger partial charge is 0.365 e. The summed E-state index contributed by atoms with van der Waals surface area (Å²) in [5.74, 6) is -0.704. The quantitative estimate of drug-likeness (QED) is 0.414. The smallest absolute Gasteiger partial charge is 0.252 e. The number of amides is 1. The van der Waals surface area contributed by atoms with Crippen molar-refractivity contribution < 1.29 is 9.18 Å². The van der Waals surface area contributed by atoms with E-state index in [4.69, 9.17) is 11.5 Å². The van der Waals surface area contributed by atoms with Crippen molar-refractivity contribution in [2.75, 3.05) is 10.6 Å². The Morgan fingerprint density at radius 2 is 2.13 bits per heavy atom. The second-order valence-corrected chi connectivity index (χ2v) is 7.88. The zero-order valence-electron chi connectivity index (χ0n) is 17.1. The summed E-state index contributed by atoms with van der Waals surface area (Å²) in [5, 5.41) is 10.3. The second kappa shape index (κ2) is 8.68. The Morgan fingerprint density at radius 3 is 2.77 bits per heavy atom. The minimum atomic E-state index is -0.793. The summed E-state index contributed by atoms with van der Waals surface area (Å²) < 4.78 is 16.4. The lowest BCUT2D eigenvalue weighted by Gasteiger charge is -2.24. The normalized spacial score (nSPS) is 15.3. The number of nitrogens with one attached hydrogen (secondary N) is 2. The number of pyridine rings is 2. The van der Waals surface area contributed by atoms with Gasteiger partial charge in [-0.1, -0.05) is 12.8 Å². The van der Waals surface area contributed by atoms with Crippen molar-refractivity contribution in [3.8, 4) is 5.69 Å². The monoisotopic (exact) mass is 424 g/mol. The fourth-order valence-electron chi connectivity index (χ4n) is 3.35. The molecule has 0 bridgehead atoms. The molecule has 1 amide bonds. The van der Waals surface area contributed by atoms with Crippen LogP contribution in [0.15, 0.2) is 43.0 Å². The number of primary amides is 1. The van der Waals surface area contributed by atoms with Crippen molar-refractivity contribution in [1.29, 1.82) is 0 Å². The van der Waals surface area contributed by atoms with Crippen LogP contribution in [0.25, 0.3) is 5.69 Å². The van der Waals surface area contributed by atoms with Gasteiger partial charge in [-0.3, -0.25) is 9.78 Å². The van der Waals surface area contributed by atoms with Crippen LogP contribution in [0.5, 0.6) is 0 Å². The molecule has 0 spiro atoms. The van der Waals surface area contributed by atoms with Crippen molar-refractivity contribution in [3.63, 3.8) is 0 Å². The Bertz CT molecular complexity index is 1070. The first kappa shape index (κ1) is 20.7. The Morgan fingerprint density at radius 1 is 1.32 bits per heavy atom. The van der Waals surface area contributed by atoms with Gasteiger partial charge in [0.2, 0.25) is 0 Å². The molecule has 1 aliphatic rings. The van der Waals surface area contributed by atoms with E-state index in [1.54, 1.807) is 41.6 Å². The summed E-state index contributed by atoms with van der Waals surface area (Å²) in [6.07, 6.45) is 9.80. The van der Waals surface area contributed by atoms with Crippen LogP contribution < -0.4 is 22.1 Å².